The lowest BCUT2D eigenvalue weighted by molar-refractivity contribution is 0.0942. The Labute approximate surface area is 134 Å². The Morgan fingerprint density at radius 3 is 2.59 bits per heavy atom. The summed E-state index contributed by atoms with van der Waals surface area (Å²) in [6, 6.07) is 13.1. The number of hydrogen-bond donors (Lipinski definition) is 1. The fraction of sp³-hybridized carbons (Fsp3) is 0.235. The van der Waals surface area contributed by atoms with E-state index < -0.39 is 0 Å². The number of halogens is 2. The van der Waals surface area contributed by atoms with Crippen LogP contribution in [-0.4, -0.2) is 31.4 Å². The summed E-state index contributed by atoms with van der Waals surface area (Å²) in [6.07, 6.45) is 0. The van der Waals surface area contributed by atoms with E-state index in [-0.39, 0.29) is 17.8 Å². The SMILES string of the molecule is CN(C)[C@H](CNC(=O)c1ccccc1Cl)c1cccc(F)c1. The first kappa shape index (κ1) is 16.5. The molecule has 0 radical (unpaired) electrons. The van der Waals surface area contributed by atoms with Gasteiger partial charge in [-0.1, -0.05) is 35.9 Å². The quantitative estimate of drug-likeness (QED) is 0.914. The van der Waals surface area contributed by atoms with Gasteiger partial charge in [0.1, 0.15) is 5.82 Å². The zero-order chi connectivity index (χ0) is 16.1. The summed E-state index contributed by atoms with van der Waals surface area (Å²) in [5.74, 6) is -0.532. The molecule has 2 aromatic carbocycles. The molecule has 2 rings (SSSR count). The summed E-state index contributed by atoms with van der Waals surface area (Å²) in [4.78, 5) is 14.1. The molecule has 0 fully saturated rings. The summed E-state index contributed by atoms with van der Waals surface area (Å²) in [5, 5.41) is 3.26. The van der Waals surface area contributed by atoms with Crippen molar-refractivity contribution in [3.05, 3.63) is 70.5 Å². The highest BCUT2D eigenvalue weighted by atomic mass is 35.5. The van der Waals surface area contributed by atoms with Crippen LogP contribution in [0.2, 0.25) is 5.02 Å². The van der Waals surface area contributed by atoms with Crippen molar-refractivity contribution >= 4 is 17.5 Å². The van der Waals surface area contributed by atoms with Gasteiger partial charge in [-0.25, -0.2) is 4.39 Å². The highest BCUT2D eigenvalue weighted by Gasteiger charge is 2.17. The van der Waals surface area contributed by atoms with Crippen molar-refractivity contribution in [2.75, 3.05) is 20.6 Å². The number of benzene rings is 2. The molecule has 2 aromatic rings. The van der Waals surface area contributed by atoms with Gasteiger partial charge in [0.15, 0.2) is 0 Å². The number of hydrogen-bond acceptors (Lipinski definition) is 2. The first-order chi connectivity index (χ1) is 10.5. The van der Waals surface area contributed by atoms with Crippen LogP contribution in [0.4, 0.5) is 4.39 Å². The average molecular weight is 321 g/mol. The van der Waals surface area contributed by atoms with Crippen molar-refractivity contribution in [3.63, 3.8) is 0 Å². The predicted octanol–water partition coefficient (Wildman–Crippen LogP) is 3.51. The third kappa shape index (κ3) is 4.06. The summed E-state index contributed by atoms with van der Waals surface area (Å²) in [5.41, 5.74) is 1.24. The van der Waals surface area contributed by atoms with Gasteiger partial charge < -0.3 is 10.2 Å². The molecular formula is C17H18ClFN2O. The van der Waals surface area contributed by atoms with Crippen molar-refractivity contribution in [2.45, 2.75) is 6.04 Å². The van der Waals surface area contributed by atoms with Crippen molar-refractivity contribution in [2.24, 2.45) is 0 Å². The predicted molar refractivity (Wildman–Crippen MR) is 86.6 cm³/mol. The molecule has 1 atom stereocenters. The molecule has 0 unspecified atom stereocenters. The third-order valence-electron chi connectivity index (χ3n) is 3.43. The minimum atomic E-state index is -0.290. The molecule has 0 saturated heterocycles. The molecule has 0 aromatic heterocycles. The normalized spacial score (nSPS) is 12.2. The minimum absolute atomic E-state index is 0.123. The van der Waals surface area contributed by atoms with Gasteiger partial charge >= 0.3 is 0 Å². The van der Waals surface area contributed by atoms with Crippen LogP contribution >= 0.6 is 11.6 Å². The van der Waals surface area contributed by atoms with Crippen LogP contribution in [0.3, 0.4) is 0 Å². The molecular weight excluding hydrogens is 303 g/mol. The second-order valence-electron chi connectivity index (χ2n) is 5.22. The molecule has 0 spiro atoms. The van der Waals surface area contributed by atoms with E-state index in [1.54, 1.807) is 30.3 Å². The van der Waals surface area contributed by atoms with Crippen molar-refractivity contribution in [1.29, 1.82) is 0 Å². The van der Waals surface area contributed by atoms with E-state index in [1.165, 1.54) is 12.1 Å². The standard InChI is InChI=1S/C17H18ClFN2O/c1-21(2)16(12-6-5-7-13(19)10-12)11-20-17(22)14-8-3-4-9-15(14)18/h3-10,16H,11H2,1-2H3,(H,20,22)/t16-/m1/s1. The van der Waals surface area contributed by atoms with E-state index >= 15 is 0 Å². The number of carbonyl (C=O) groups is 1. The number of carbonyl (C=O) groups excluding carboxylic acids is 1. The van der Waals surface area contributed by atoms with Gasteiger partial charge in [-0.3, -0.25) is 4.79 Å². The largest absolute Gasteiger partial charge is 0.350 e. The first-order valence-corrected chi connectivity index (χ1v) is 7.31. The number of nitrogens with zero attached hydrogens (tertiary/aromatic N) is 1. The zero-order valence-corrected chi connectivity index (χ0v) is 13.3. The molecule has 116 valence electrons. The lowest BCUT2D eigenvalue weighted by Gasteiger charge is -2.25. The summed E-state index contributed by atoms with van der Waals surface area (Å²) >= 11 is 6.01. The molecule has 0 saturated carbocycles. The van der Waals surface area contributed by atoms with E-state index in [2.05, 4.69) is 5.32 Å². The molecule has 0 aliphatic heterocycles. The number of nitrogens with one attached hydrogen (secondary N) is 1. The molecule has 3 nitrogen and oxygen atoms in total. The molecule has 1 N–H and O–H groups in total. The fourth-order valence-electron chi connectivity index (χ4n) is 2.24. The van der Waals surface area contributed by atoms with Crippen molar-refractivity contribution < 1.29 is 9.18 Å². The van der Waals surface area contributed by atoms with Crippen LogP contribution in [0.25, 0.3) is 0 Å². The van der Waals surface area contributed by atoms with Gasteiger partial charge in [0.25, 0.3) is 5.91 Å². The van der Waals surface area contributed by atoms with Crippen LogP contribution in [-0.2, 0) is 0 Å². The maximum atomic E-state index is 13.4. The van der Waals surface area contributed by atoms with E-state index in [1.807, 2.05) is 25.1 Å². The van der Waals surface area contributed by atoms with E-state index in [9.17, 15) is 9.18 Å². The van der Waals surface area contributed by atoms with E-state index in [0.717, 1.165) is 5.56 Å². The zero-order valence-electron chi connectivity index (χ0n) is 12.5. The average Bonchev–Trinajstić information content (AvgIpc) is 2.47. The monoisotopic (exact) mass is 320 g/mol. The van der Waals surface area contributed by atoms with Gasteiger partial charge in [0.2, 0.25) is 0 Å². The van der Waals surface area contributed by atoms with Crippen LogP contribution in [0.5, 0.6) is 0 Å². The van der Waals surface area contributed by atoms with Crippen LogP contribution in [0.1, 0.15) is 22.0 Å². The first-order valence-electron chi connectivity index (χ1n) is 6.93. The van der Waals surface area contributed by atoms with Gasteiger partial charge in [0.05, 0.1) is 16.6 Å². The van der Waals surface area contributed by atoms with Gasteiger partial charge in [-0.05, 0) is 43.9 Å². The maximum Gasteiger partial charge on any atom is 0.252 e. The summed E-state index contributed by atoms with van der Waals surface area (Å²) in [7, 11) is 3.77. The second-order valence-corrected chi connectivity index (χ2v) is 5.63. The Balaban J connectivity index is 2.10. The van der Waals surface area contributed by atoms with Crippen molar-refractivity contribution in [3.8, 4) is 0 Å². The van der Waals surface area contributed by atoms with Crippen LogP contribution in [0.15, 0.2) is 48.5 Å². The Morgan fingerprint density at radius 1 is 1.23 bits per heavy atom. The van der Waals surface area contributed by atoms with Crippen LogP contribution < -0.4 is 5.32 Å². The summed E-state index contributed by atoms with van der Waals surface area (Å²) in [6.45, 7) is 0.362. The van der Waals surface area contributed by atoms with Gasteiger partial charge in [-0.15, -0.1) is 0 Å². The maximum absolute atomic E-state index is 13.4. The van der Waals surface area contributed by atoms with Crippen molar-refractivity contribution in [1.82, 2.24) is 10.2 Å². The summed E-state index contributed by atoms with van der Waals surface area (Å²) < 4.78 is 13.4. The minimum Gasteiger partial charge on any atom is -0.350 e. The lowest BCUT2D eigenvalue weighted by Crippen LogP contribution is -2.34. The molecule has 0 aliphatic carbocycles. The molecule has 1 amide bonds. The van der Waals surface area contributed by atoms with Crippen LogP contribution in [0, 0.1) is 5.82 Å². The second kappa shape index (κ2) is 7.38. The smallest absolute Gasteiger partial charge is 0.252 e. The number of amides is 1. The molecule has 22 heavy (non-hydrogen) atoms. The van der Waals surface area contributed by atoms with E-state index in [4.69, 9.17) is 11.6 Å². The van der Waals surface area contributed by atoms with E-state index in [0.29, 0.717) is 17.1 Å². The molecule has 0 aliphatic rings. The highest BCUT2D eigenvalue weighted by Crippen LogP contribution is 2.19. The van der Waals surface area contributed by atoms with Gasteiger partial charge in [-0.2, -0.15) is 0 Å². The highest BCUT2D eigenvalue weighted by molar-refractivity contribution is 6.33. The fourth-order valence-corrected chi connectivity index (χ4v) is 2.46. The topological polar surface area (TPSA) is 32.3 Å². The third-order valence-corrected chi connectivity index (χ3v) is 3.76. The Bertz CT molecular complexity index is 661. The molecule has 0 bridgehead atoms. The molecule has 5 heteroatoms. The number of rotatable bonds is 5. The lowest BCUT2D eigenvalue weighted by atomic mass is 10.1. The van der Waals surface area contributed by atoms with Gasteiger partial charge in [0, 0.05) is 6.54 Å². The molecule has 0 heterocycles. The Morgan fingerprint density at radius 2 is 1.95 bits per heavy atom. The Hall–Kier alpha value is -1.91. The number of likely N-dealkylation sites (N-methyl/N-ethyl adjacent to an activating group) is 1. The Kier molecular flexibility index (Phi) is 5.52.